The topological polar surface area (TPSA) is 64.4 Å². The maximum absolute atomic E-state index is 13.3. The highest BCUT2D eigenvalue weighted by Gasteiger charge is 2.40. The standard InChI is InChI=1S/C28H37N3O3/c1-6-7-15-34-25-24-27(33)30(5)20(4)18-31(24)23(29-26(25)32)17-28(13-8-9-14-28)22-12-10-11-21(16-22)19(2)3/h10-12,16,20H,2,6-9,13-15,17-18H2,1,3-5H3/t20-/m0/s1. The van der Waals surface area contributed by atoms with Gasteiger partial charge in [-0.1, -0.05) is 62.6 Å². The van der Waals surface area contributed by atoms with Crippen LogP contribution >= 0.6 is 0 Å². The van der Waals surface area contributed by atoms with Crippen LogP contribution in [-0.4, -0.2) is 40.1 Å². The van der Waals surface area contributed by atoms with Gasteiger partial charge in [0.2, 0.25) is 5.75 Å². The van der Waals surface area contributed by atoms with Crippen LogP contribution < -0.4 is 10.3 Å². The van der Waals surface area contributed by atoms with E-state index in [-0.39, 0.29) is 23.1 Å². The maximum Gasteiger partial charge on any atom is 0.316 e. The van der Waals surface area contributed by atoms with Crippen molar-refractivity contribution in [2.75, 3.05) is 13.7 Å². The van der Waals surface area contributed by atoms with E-state index >= 15 is 0 Å². The number of unbranched alkanes of at least 4 members (excludes halogenated alkanes) is 1. The van der Waals surface area contributed by atoms with Gasteiger partial charge < -0.3 is 14.2 Å². The number of rotatable bonds is 8. The molecule has 1 aromatic heterocycles. The summed E-state index contributed by atoms with van der Waals surface area (Å²) in [6.07, 6.45) is 6.77. The van der Waals surface area contributed by atoms with Crippen molar-refractivity contribution in [3.05, 3.63) is 63.8 Å². The Hall–Kier alpha value is -2.89. The smallest absolute Gasteiger partial charge is 0.316 e. The number of allylic oxidation sites excluding steroid dienone is 1. The van der Waals surface area contributed by atoms with Gasteiger partial charge >= 0.3 is 5.56 Å². The van der Waals surface area contributed by atoms with Gasteiger partial charge in [-0.3, -0.25) is 9.59 Å². The number of hydrogen-bond acceptors (Lipinski definition) is 4. The quantitative estimate of drug-likeness (QED) is 0.518. The predicted molar refractivity (Wildman–Crippen MR) is 135 cm³/mol. The van der Waals surface area contributed by atoms with Gasteiger partial charge in [-0.25, -0.2) is 0 Å². The van der Waals surface area contributed by atoms with Gasteiger partial charge in [-0.15, -0.1) is 0 Å². The van der Waals surface area contributed by atoms with Crippen LogP contribution in [0.4, 0.5) is 0 Å². The van der Waals surface area contributed by atoms with E-state index in [0.29, 0.717) is 31.1 Å². The molecule has 1 atom stereocenters. The molecule has 0 saturated heterocycles. The number of benzene rings is 1. The molecule has 2 heterocycles. The summed E-state index contributed by atoms with van der Waals surface area (Å²) in [6, 6.07) is 8.64. The average molecular weight is 464 g/mol. The number of carbonyl (C=O) groups is 1. The Kier molecular flexibility index (Phi) is 6.96. The highest BCUT2D eigenvalue weighted by Crippen LogP contribution is 2.44. The summed E-state index contributed by atoms with van der Waals surface area (Å²) in [7, 11) is 1.79. The van der Waals surface area contributed by atoms with E-state index < -0.39 is 5.56 Å². The van der Waals surface area contributed by atoms with Crippen molar-refractivity contribution in [1.82, 2.24) is 14.5 Å². The number of ether oxygens (including phenoxy) is 1. The second-order valence-corrected chi connectivity index (χ2v) is 10.1. The van der Waals surface area contributed by atoms with Crippen molar-refractivity contribution in [2.45, 2.75) is 83.7 Å². The number of amides is 1. The number of nitrogens with zero attached hydrogens (tertiary/aromatic N) is 3. The summed E-state index contributed by atoms with van der Waals surface area (Å²) < 4.78 is 7.82. The molecule has 34 heavy (non-hydrogen) atoms. The first-order valence-corrected chi connectivity index (χ1v) is 12.6. The molecule has 1 fully saturated rings. The van der Waals surface area contributed by atoms with Gasteiger partial charge in [-0.2, -0.15) is 4.98 Å². The third kappa shape index (κ3) is 4.42. The van der Waals surface area contributed by atoms with Crippen molar-refractivity contribution in [1.29, 1.82) is 0 Å². The van der Waals surface area contributed by atoms with E-state index in [2.05, 4.69) is 42.8 Å². The molecule has 0 spiro atoms. The van der Waals surface area contributed by atoms with Crippen LogP contribution in [-0.2, 0) is 18.4 Å². The Morgan fingerprint density at radius 1 is 1.26 bits per heavy atom. The minimum atomic E-state index is -0.433. The molecule has 6 nitrogen and oxygen atoms in total. The molecule has 0 unspecified atom stereocenters. The second-order valence-electron chi connectivity index (χ2n) is 10.1. The van der Waals surface area contributed by atoms with E-state index in [1.54, 1.807) is 11.9 Å². The minimum Gasteiger partial charge on any atom is -0.486 e. The fourth-order valence-corrected chi connectivity index (χ4v) is 5.36. The van der Waals surface area contributed by atoms with Crippen molar-refractivity contribution >= 4 is 11.5 Å². The minimum absolute atomic E-state index is 0.0119. The van der Waals surface area contributed by atoms with Gasteiger partial charge in [0, 0.05) is 31.5 Å². The SMILES string of the molecule is C=C(C)c1cccc(C2(Cc3nc(=O)c(OCCCC)c4n3C[C@H](C)N(C)C4=O)CCCC2)c1. The van der Waals surface area contributed by atoms with Gasteiger partial charge in [0.05, 0.1) is 6.61 Å². The molecule has 0 radical (unpaired) electrons. The number of aromatic nitrogens is 2. The summed E-state index contributed by atoms with van der Waals surface area (Å²) >= 11 is 0. The second kappa shape index (κ2) is 9.77. The van der Waals surface area contributed by atoms with E-state index in [4.69, 9.17) is 4.74 Å². The van der Waals surface area contributed by atoms with E-state index in [9.17, 15) is 9.59 Å². The van der Waals surface area contributed by atoms with Gasteiger partial charge in [-0.05, 0) is 44.2 Å². The normalized spacial score (nSPS) is 19.2. The summed E-state index contributed by atoms with van der Waals surface area (Å²) in [5.74, 6) is 0.625. The molecular weight excluding hydrogens is 426 g/mol. The van der Waals surface area contributed by atoms with Gasteiger partial charge in [0.15, 0.2) is 5.69 Å². The lowest BCUT2D eigenvalue weighted by Gasteiger charge is -2.36. The highest BCUT2D eigenvalue weighted by atomic mass is 16.5. The van der Waals surface area contributed by atoms with Crippen LogP contribution in [0.25, 0.3) is 5.57 Å². The van der Waals surface area contributed by atoms with Crippen LogP contribution in [0.15, 0.2) is 35.6 Å². The molecule has 6 heteroatoms. The van der Waals surface area contributed by atoms with Crippen LogP contribution in [0.3, 0.4) is 0 Å². The number of carbonyl (C=O) groups excluding carboxylic acids is 1. The van der Waals surface area contributed by atoms with E-state index in [1.165, 1.54) is 5.56 Å². The Morgan fingerprint density at radius 2 is 2.00 bits per heavy atom. The van der Waals surface area contributed by atoms with Gasteiger partial charge in [0.1, 0.15) is 5.82 Å². The molecule has 1 aliphatic carbocycles. The molecule has 1 aromatic carbocycles. The molecule has 1 amide bonds. The monoisotopic (exact) mass is 463 g/mol. The Labute approximate surface area is 202 Å². The van der Waals surface area contributed by atoms with Gasteiger partial charge in [0.25, 0.3) is 5.91 Å². The van der Waals surface area contributed by atoms with Crippen molar-refractivity contribution in [3.8, 4) is 5.75 Å². The molecule has 4 rings (SSSR count). The largest absolute Gasteiger partial charge is 0.486 e. The predicted octanol–water partition coefficient (Wildman–Crippen LogP) is 4.98. The molecule has 1 aliphatic heterocycles. The zero-order valence-corrected chi connectivity index (χ0v) is 21.0. The number of likely N-dealkylation sites (N-methyl/N-ethyl adjacent to an activating group) is 1. The van der Waals surface area contributed by atoms with E-state index in [1.807, 2.05) is 18.4 Å². The zero-order chi connectivity index (χ0) is 24.5. The van der Waals surface area contributed by atoms with Crippen molar-refractivity contribution in [2.24, 2.45) is 0 Å². The average Bonchev–Trinajstić information content (AvgIpc) is 3.29. The summed E-state index contributed by atoms with van der Waals surface area (Å²) in [5, 5.41) is 0. The van der Waals surface area contributed by atoms with Crippen LogP contribution in [0.2, 0.25) is 0 Å². The van der Waals surface area contributed by atoms with Crippen molar-refractivity contribution < 1.29 is 9.53 Å². The highest BCUT2D eigenvalue weighted by molar-refractivity contribution is 5.96. The zero-order valence-electron chi connectivity index (χ0n) is 21.0. The summed E-state index contributed by atoms with van der Waals surface area (Å²) in [5.41, 5.74) is 3.27. The summed E-state index contributed by atoms with van der Waals surface area (Å²) in [4.78, 5) is 32.8. The first-order chi connectivity index (χ1) is 16.3. The first kappa shape index (κ1) is 24.2. The van der Waals surface area contributed by atoms with E-state index in [0.717, 1.165) is 49.7 Å². The lowest BCUT2D eigenvalue weighted by molar-refractivity contribution is 0.0657. The Morgan fingerprint density at radius 3 is 2.68 bits per heavy atom. The molecule has 1 saturated carbocycles. The number of hydrogen-bond donors (Lipinski definition) is 0. The molecule has 0 N–H and O–H groups in total. The van der Waals surface area contributed by atoms with Crippen molar-refractivity contribution in [3.63, 3.8) is 0 Å². The molecule has 2 aromatic rings. The summed E-state index contributed by atoms with van der Waals surface area (Å²) in [6.45, 7) is 11.3. The fraction of sp³-hybridized carbons (Fsp3) is 0.536. The molecular formula is C28H37N3O3. The van der Waals surface area contributed by atoms with Crippen LogP contribution in [0, 0.1) is 0 Å². The molecule has 182 valence electrons. The maximum atomic E-state index is 13.3. The Bertz CT molecular complexity index is 1140. The third-order valence-electron chi connectivity index (χ3n) is 7.62. The first-order valence-electron chi connectivity index (χ1n) is 12.6. The Balaban J connectivity index is 1.82. The third-order valence-corrected chi connectivity index (χ3v) is 7.62. The van der Waals surface area contributed by atoms with Crippen LogP contribution in [0.1, 0.15) is 86.7 Å². The number of fused-ring (bicyclic) bond motifs is 1. The molecule has 2 aliphatic rings. The lowest BCUT2D eigenvalue weighted by atomic mass is 9.75. The molecule has 0 bridgehead atoms. The fourth-order valence-electron chi connectivity index (χ4n) is 5.36. The lowest BCUT2D eigenvalue weighted by Crippen LogP contribution is -2.47. The van der Waals surface area contributed by atoms with Crippen LogP contribution in [0.5, 0.6) is 5.75 Å².